The number of hydrazine groups is 1. The quantitative estimate of drug-likeness (QED) is 0.0418. The topological polar surface area (TPSA) is 141 Å². The predicted octanol–water partition coefficient (Wildman–Crippen LogP) is 7.76. The molecular weight excluding hydrogens is 616 g/mol. The molecule has 252 valence electrons. The van der Waals surface area contributed by atoms with Crippen LogP contribution in [0.15, 0.2) is 113 Å². The Kier molecular flexibility index (Phi) is 11.2. The zero-order valence-corrected chi connectivity index (χ0v) is 27.5. The highest BCUT2D eigenvalue weighted by molar-refractivity contribution is 6.01. The smallest absolute Gasteiger partial charge is 0.266 e. The molecule has 6 rings (SSSR count). The number of rotatable bonds is 14. The molecule has 1 heterocycles. The number of hydrogen-bond donors (Lipinski definition) is 3. The molecule has 0 aromatic heterocycles. The summed E-state index contributed by atoms with van der Waals surface area (Å²) >= 11 is 0. The van der Waals surface area contributed by atoms with Crippen LogP contribution in [-0.2, 0) is 16.0 Å². The number of nitrogens with zero attached hydrogens (tertiary/aromatic N) is 4. The summed E-state index contributed by atoms with van der Waals surface area (Å²) in [5.41, 5.74) is 18.8. The van der Waals surface area contributed by atoms with Gasteiger partial charge in [0.25, 0.3) is 5.91 Å². The van der Waals surface area contributed by atoms with Crippen LogP contribution in [0.4, 0.5) is 5.69 Å². The zero-order valence-electron chi connectivity index (χ0n) is 27.5. The molecule has 1 saturated carbocycles. The Morgan fingerprint density at radius 3 is 2.35 bits per heavy atom. The van der Waals surface area contributed by atoms with Gasteiger partial charge in [0.1, 0.15) is 5.75 Å². The van der Waals surface area contributed by atoms with Crippen molar-refractivity contribution in [2.45, 2.75) is 56.6 Å². The van der Waals surface area contributed by atoms with Gasteiger partial charge in [0.05, 0.1) is 6.61 Å². The number of benzene rings is 4. The molecule has 0 bridgehead atoms. The molecule has 1 aliphatic heterocycles. The van der Waals surface area contributed by atoms with Gasteiger partial charge in [0, 0.05) is 42.2 Å². The first-order valence-electron chi connectivity index (χ1n) is 17.0. The number of aliphatic imine (C=N–C) groups is 1. The molecule has 2 atom stereocenters. The van der Waals surface area contributed by atoms with E-state index in [2.05, 4.69) is 33.0 Å². The second-order valence-electron chi connectivity index (χ2n) is 12.6. The van der Waals surface area contributed by atoms with Crippen molar-refractivity contribution in [1.29, 1.82) is 0 Å². The van der Waals surface area contributed by atoms with Crippen molar-refractivity contribution in [3.63, 3.8) is 0 Å². The summed E-state index contributed by atoms with van der Waals surface area (Å²) in [6.07, 6.45) is 5.78. The highest BCUT2D eigenvalue weighted by atomic mass is 16.5. The van der Waals surface area contributed by atoms with Gasteiger partial charge in [-0.1, -0.05) is 103 Å². The Morgan fingerprint density at radius 2 is 1.61 bits per heavy atom. The lowest BCUT2D eigenvalue weighted by Gasteiger charge is -2.32. The second kappa shape index (κ2) is 16.3. The average molecular weight is 659 g/mol. The molecule has 1 amide bonds. The minimum Gasteiger partial charge on any atom is -0.494 e. The number of amides is 1. The molecule has 49 heavy (non-hydrogen) atoms. The SMILES string of the molecule is [N-]=[N+]=Nc1ccccc1C[C@]1(C(=O)NNCC2CCCCC2)N=C(c2ccc(OCCCO)cc2)O[C@H]1c1ccc(-c2ccccc2)cc1. The molecule has 0 saturated heterocycles. The summed E-state index contributed by atoms with van der Waals surface area (Å²) in [6.45, 7) is 1.12. The molecule has 0 radical (unpaired) electrons. The fourth-order valence-corrected chi connectivity index (χ4v) is 6.63. The molecule has 10 heteroatoms. The third kappa shape index (κ3) is 8.12. The number of azide groups is 1. The van der Waals surface area contributed by atoms with E-state index in [-0.39, 0.29) is 18.9 Å². The van der Waals surface area contributed by atoms with Crippen molar-refractivity contribution in [3.8, 4) is 16.9 Å². The lowest BCUT2D eigenvalue weighted by atomic mass is 9.81. The molecule has 0 spiro atoms. The summed E-state index contributed by atoms with van der Waals surface area (Å²) in [7, 11) is 0. The maximum Gasteiger partial charge on any atom is 0.266 e. The summed E-state index contributed by atoms with van der Waals surface area (Å²) < 4.78 is 12.4. The molecule has 10 nitrogen and oxygen atoms in total. The molecule has 2 aliphatic rings. The third-order valence-corrected chi connectivity index (χ3v) is 9.27. The summed E-state index contributed by atoms with van der Waals surface area (Å²) in [5, 5.41) is 13.1. The first-order chi connectivity index (χ1) is 24.1. The van der Waals surface area contributed by atoms with E-state index in [0.717, 1.165) is 29.5 Å². The molecule has 3 N–H and O–H groups in total. The molecular formula is C39H42N6O4. The summed E-state index contributed by atoms with van der Waals surface area (Å²) in [6, 6.07) is 32.8. The maximum absolute atomic E-state index is 14.6. The molecule has 1 fully saturated rings. The van der Waals surface area contributed by atoms with Gasteiger partial charge in [0.15, 0.2) is 11.6 Å². The number of aliphatic hydroxyl groups excluding tert-OH is 1. The summed E-state index contributed by atoms with van der Waals surface area (Å²) in [5.74, 6) is 1.13. The van der Waals surface area contributed by atoms with E-state index in [0.29, 0.717) is 54.0 Å². The Bertz CT molecular complexity index is 1770. The highest BCUT2D eigenvalue weighted by Gasteiger charge is 2.53. The van der Waals surface area contributed by atoms with Crippen LogP contribution in [0.3, 0.4) is 0 Å². The monoisotopic (exact) mass is 658 g/mol. The van der Waals surface area contributed by atoms with Crippen molar-refractivity contribution in [1.82, 2.24) is 10.9 Å². The average Bonchev–Trinajstić information content (AvgIpc) is 3.54. The van der Waals surface area contributed by atoms with Crippen LogP contribution in [0.1, 0.15) is 61.3 Å². The number of carbonyl (C=O) groups excluding carboxylic acids is 1. The number of carbonyl (C=O) groups is 1. The normalized spacial score (nSPS) is 19.0. The Hall–Kier alpha value is -5.15. The Balaban J connectivity index is 1.39. The van der Waals surface area contributed by atoms with E-state index >= 15 is 0 Å². The predicted molar refractivity (Wildman–Crippen MR) is 190 cm³/mol. The molecule has 4 aromatic rings. The zero-order chi connectivity index (χ0) is 33.9. The molecule has 1 aliphatic carbocycles. The minimum absolute atomic E-state index is 0.0545. The van der Waals surface area contributed by atoms with E-state index < -0.39 is 11.6 Å². The van der Waals surface area contributed by atoms with Gasteiger partial charge in [-0.2, -0.15) is 0 Å². The van der Waals surface area contributed by atoms with Crippen molar-refractivity contribution >= 4 is 17.5 Å². The van der Waals surface area contributed by atoms with Crippen molar-refractivity contribution < 1.29 is 19.4 Å². The minimum atomic E-state index is -1.46. The van der Waals surface area contributed by atoms with Crippen LogP contribution in [0, 0.1) is 5.92 Å². The maximum atomic E-state index is 14.6. The standard InChI is InChI=1S/C39H42N6O4/c40-45-43-35-15-8-7-14-33(35)26-39(38(47)44-41-27-28-10-3-1-4-11-28)36(31-18-16-30(17-19-31)29-12-5-2-6-13-29)49-37(42-39)32-20-22-34(23-21-32)48-25-9-24-46/h2,5-8,12-23,28,36,41,46H,1,3-4,9-11,24-27H2,(H,44,47)/t36-,39-/m0/s1. The van der Waals surface area contributed by atoms with E-state index in [1.807, 2.05) is 78.9 Å². The van der Waals surface area contributed by atoms with Crippen LogP contribution < -0.4 is 15.6 Å². The van der Waals surface area contributed by atoms with Gasteiger partial charge in [-0.3, -0.25) is 10.2 Å². The van der Waals surface area contributed by atoms with Crippen LogP contribution in [-0.4, -0.2) is 42.2 Å². The fraction of sp³-hybridized carbons (Fsp3) is 0.333. The largest absolute Gasteiger partial charge is 0.494 e. The van der Waals surface area contributed by atoms with Crippen LogP contribution in [0.5, 0.6) is 5.75 Å². The first-order valence-corrected chi connectivity index (χ1v) is 17.0. The summed E-state index contributed by atoms with van der Waals surface area (Å²) in [4.78, 5) is 22.8. The van der Waals surface area contributed by atoms with Gasteiger partial charge >= 0.3 is 0 Å². The van der Waals surface area contributed by atoms with Gasteiger partial charge in [-0.25, -0.2) is 10.4 Å². The van der Waals surface area contributed by atoms with Gasteiger partial charge in [-0.05, 0) is 70.8 Å². The number of hydrogen-bond acceptors (Lipinski definition) is 7. The molecule has 4 aromatic carbocycles. The first kappa shape index (κ1) is 33.7. The molecule has 0 unspecified atom stereocenters. The van der Waals surface area contributed by atoms with Gasteiger partial charge in [0.2, 0.25) is 5.90 Å². The Morgan fingerprint density at radius 1 is 0.918 bits per heavy atom. The van der Waals surface area contributed by atoms with Crippen LogP contribution in [0.25, 0.3) is 21.6 Å². The van der Waals surface area contributed by atoms with E-state index in [1.165, 1.54) is 19.3 Å². The number of ether oxygens (including phenoxy) is 2. The second-order valence-corrected chi connectivity index (χ2v) is 12.6. The van der Waals surface area contributed by atoms with E-state index in [9.17, 15) is 10.3 Å². The third-order valence-electron chi connectivity index (χ3n) is 9.27. The fourth-order valence-electron chi connectivity index (χ4n) is 6.63. The van der Waals surface area contributed by atoms with Crippen LogP contribution in [0.2, 0.25) is 0 Å². The van der Waals surface area contributed by atoms with Crippen molar-refractivity contribution in [2.75, 3.05) is 19.8 Å². The Labute approximate surface area is 286 Å². The number of nitrogens with one attached hydrogen (secondary N) is 2. The highest BCUT2D eigenvalue weighted by Crippen LogP contribution is 2.44. The lowest BCUT2D eigenvalue weighted by molar-refractivity contribution is -0.130. The lowest BCUT2D eigenvalue weighted by Crippen LogP contribution is -2.54. The van der Waals surface area contributed by atoms with Crippen molar-refractivity contribution in [3.05, 3.63) is 130 Å². The van der Waals surface area contributed by atoms with E-state index in [4.69, 9.17) is 19.6 Å². The van der Waals surface area contributed by atoms with Gasteiger partial charge in [-0.15, -0.1) is 0 Å². The number of aliphatic hydroxyl groups is 1. The van der Waals surface area contributed by atoms with E-state index in [1.54, 1.807) is 12.1 Å². The van der Waals surface area contributed by atoms with Crippen LogP contribution >= 0.6 is 0 Å². The van der Waals surface area contributed by atoms with Gasteiger partial charge < -0.3 is 14.6 Å². The van der Waals surface area contributed by atoms with Crippen molar-refractivity contribution in [2.24, 2.45) is 16.0 Å².